The predicted octanol–water partition coefficient (Wildman–Crippen LogP) is 6.19. The maximum absolute atomic E-state index is 13.7. The number of hydrogen-bond donors (Lipinski definition) is 0. The van der Waals surface area contributed by atoms with Gasteiger partial charge >= 0.3 is 5.97 Å². The van der Waals surface area contributed by atoms with Crippen molar-refractivity contribution in [2.24, 2.45) is 23.2 Å². The molecule has 1 aromatic carbocycles. The van der Waals surface area contributed by atoms with Gasteiger partial charge in [0.25, 0.3) is 0 Å². The van der Waals surface area contributed by atoms with Crippen molar-refractivity contribution in [2.75, 3.05) is 0 Å². The molecule has 1 heterocycles. The van der Waals surface area contributed by atoms with Crippen LogP contribution in [0.25, 0.3) is 11.0 Å². The summed E-state index contributed by atoms with van der Waals surface area (Å²) in [5, 5.41) is 0. The van der Waals surface area contributed by atoms with Crippen LogP contribution in [-0.4, -0.2) is 21.6 Å². The van der Waals surface area contributed by atoms with E-state index in [1.165, 1.54) is 6.42 Å². The molecule has 4 atom stereocenters. The standard InChI is InChI=1S/C25H38N2O2/c1-8-22-26-19-11-9-10-12-20(19)27(22)23(25(5,6)7)24(28)29-21-15-17(4)13-14-18(21)16(2)3/h9-12,16-18,21,23H,8,13-15H2,1-7H3. The van der Waals surface area contributed by atoms with E-state index in [-0.39, 0.29) is 17.5 Å². The number of para-hydroxylation sites is 2. The zero-order valence-corrected chi connectivity index (χ0v) is 19.2. The lowest BCUT2D eigenvalue weighted by atomic mass is 9.75. The largest absolute Gasteiger partial charge is 0.461 e. The molecule has 160 valence electrons. The number of aromatic nitrogens is 2. The third kappa shape index (κ3) is 4.51. The number of hydrogen-bond acceptors (Lipinski definition) is 3. The highest BCUT2D eigenvalue weighted by Crippen LogP contribution is 2.39. The Morgan fingerprint density at radius 3 is 2.55 bits per heavy atom. The lowest BCUT2D eigenvalue weighted by molar-refractivity contribution is -0.163. The zero-order chi connectivity index (χ0) is 21.3. The average Bonchev–Trinajstić information content (AvgIpc) is 2.99. The topological polar surface area (TPSA) is 44.1 Å². The van der Waals surface area contributed by atoms with Gasteiger partial charge in [0.15, 0.2) is 0 Å². The third-order valence-corrected chi connectivity index (χ3v) is 6.52. The van der Waals surface area contributed by atoms with Gasteiger partial charge < -0.3 is 9.30 Å². The van der Waals surface area contributed by atoms with Crippen molar-refractivity contribution in [3.05, 3.63) is 30.1 Å². The maximum Gasteiger partial charge on any atom is 0.330 e. The summed E-state index contributed by atoms with van der Waals surface area (Å²) in [6, 6.07) is 7.71. The number of rotatable bonds is 5. The van der Waals surface area contributed by atoms with Crippen molar-refractivity contribution in [1.29, 1.82) is 0 Å². The van der Waals surface area contributed by atoms with Crippen LogP contribution < -0.4 is 0 Å². The van der Waals surface area contributed by atoms with E-state index in [0.29, 0.717) is 17.8 Å². The molecule has 1 aromatic heterocycles. The van der Waals surface area contributed by atoms with E-state index in [9.17, 15) is 4.79 Å². The van der Waals surface area contributed by atoms with Crippen LogP contribution in [0.1, 0.15) is 79.6 Å². The molecule has 1 fully saturated rings. The summed E-state index contributed by atoms with van der Waals surface area (Å²) in [6.45, 7) is 15.2. The van der Waals surface area contributed by atoms with Crippen LogP contribution in [0.4, 0.5) is 0 Å². The Morgan fingerprint density at radius 1 is 1.24 bits per heavy atom. The maximum atomic E-state index is 13.7. The van der Waals surface area contributed by atoms with Gasteiger partial charge in [-0.1, -0.05) is 67.0 Å². The van der Waals surface area contributed by atoms with Crippen LogP contribution in [-0.2, 0) is 16.0 Å². The molecule has 4 heteroatoms. The first-order valence-electron chi connectivity index (χ1n) is 11.3. The zero-order valence-electron chi connectivity index (χ0n) is 19.2. The van der Waals surface area contributed by atoms with E-state index < -0.39 is 6.04 Å². The van der Waals surface area contributed by atoms with Gasteiger partial charge in [0, 0.05) is 6.42 Å². The molecule has 4 nitrogen and oxygen atoms in total. The molecule has 0 bridgehead atoms. The molecule has 0 N–H and O–H groups in total. The molecular weight excluding hydrogens is 360 g/mol. The Kier molecular flexibility index (Phi) is 6.40. The first kappa shape index (κ1) is 21.9. The highest BCUT2D eigenvalue weighted by Gasteiger charge is 2.40. The fraction of sp³-hybridized carbons (Fsp3) is 0.680. The van der Waals surface area contributed by atoms with Crippen molar-refractivity contribution < 1.29 is 9.53 Å². The van der Waals surface area contributed by atoms with Gasteiger partial charge in [0.1, 0.15) is 18.0 Å². The van der Waals surface area contributed by atoms with Crippen molar-refractivity contribution in [3.63, 3.8) is 0 Å². The molecule has 29 heavy (non-hydrogen) atoms. The van der Waals surface area contributed by atoms with Crippen molar-refractivity contribution in [3.8, 4) is 0 Å². The highest BCUT2D eigenvalue weighted by molar-refractivity contribution is 5.82. The van der Waals surface area contributed by atoms with Crippen molar-refractivity contribution in [2.45, 2.75) is 86.3 Å². The second-order valence-electron chi connectivity index (χ2n) is 10.3. The highest BCUT2D eigenvalue weighted by atomic mass is 16.5. The molecule has 1 saturated carbocycles. The van der Waals surface area contributed by atoms with E-state index in [1.807, 2.05) is 18.2 Å². The van der Waals surface area contributed by atoms with E-state index in [2.05, 4.69) is 59.1 Å². The van der Waals surface area contributed by atoms with E-state index >= 15 is 0 Å². The van der Waals surface area contributed by atoms with Gasteiger partial charge in [-0.2, -0.15) is 0 Å². The molecule has 0 saturated heterocycles. The summed E-state index contributed by atoms with van der Waals surface area (Å²) < 4.78 is 8.44. The minimum Gasteiger partial charge on any atom is -0.461 e. The van der Waals surface area contributed by atoms with Gasteiger partial charge in [-0.15, -0.1) is 0 Å². The quantitative estimate of drug-likeness (QED) is 0.564. The molecule has 0 amide bonds. The fourth-order valence-electron chi connectivity index (χ4n) is 4.94. The van der Waals surface area contributed by atoms with Crippen LogP contribution in [0.5, 0.6) is 0 Å². The second kappa shape index (κ2) is 8.49. The summed E-state index contributed by atoms with van der Waals surface area (Å²) >= 11 is 0. The van der Waals surface area contributed by atoms with Crippen LogP contribution in [0, 0.1) is 23.2 Å². The Balaban J connectivity index is 1.99. The number of carbonyl (C=O) groups is 1. The Hall–Kier alpha value is -1.84. The molecule has 1 aliphatic carbocycles. The third-order valence-electron chi connectivity index (χ3n) is 6.52. The molecule has 0 spiro atoms. The predicted molar refractivity (Wildman–Crippen MR) is 119 cm³/mol. The molecule has 4 unspecified atom stereocenters. The molecule has 0 radical (unpaired) electrons. The number of carbonyl (C=O) groups excluding carboxylic acids is 1. The summed E-state index contributed by atoms with van der Waals surface area (Å²) in [6.07, 6.45) is 4.13. The Morgan fingerprint density at radius 2 is 1.93 bits per heavy atom. The summed E-state index contributed by atoms with van der Waals surface area (Å²) in [5.74, 6) is 2.41. The molecule has 3 rings (SSSR count). The van der Waals surface area contributed by atoms with Gasteiger partial charge in [-0.3, -0.25) is 0 Å². The SMILES string of the molecule is CCc1nc2ccccc2n1C(C(=O)OC1CC(C)CCC1C(C)C)C(C)(C)C. The smallest absolute Gasteiger partial charge is 0.330 e. The summed E-state index contributed by atoms with van der Waals surface area (Å²) in [4.78, 5) is 18.5. The van der Waals surface area contributed by atoms with E-state index in [0.717, 1.165) is 36.1 Å². The lowest BCUT2D eigenvalue weighted by Gasteiger charge is -2.39. The fourth-order valence-corrected chi connectivity index (χ4v) is 4.94. The van der Waals surface area contributed by atoms with Gasteiger partial charge in [-0.05, 0) is 48.1 Å². The Labute approximate surface area is 176 Å². The summed E-state index contributed by atoms with van der Waals surface area (Å²) in [7, 11) is 0. The number of fused-ring (bicyclic) bond motifs is 1. The summed E-state index contributed by atoms with van der Waals surface area (Å²) in [5.41, 5.74) is 1.68. The number of benzene rings is 1. The Bertz CT molecular complexity index is 846. The monoisotopic (exact) mass is 398 g/mol. The molecule has 2 aromatic rings. The van der Waals surface area contributed by atoms with Crippen molar-refractivity contribution in [1.82, 2.24) is 9.55 Å². The number of ether oxygens (including phenoxy) is 1. The van der Waals surface area contributed by atoms with Gasteiger partial charge in [0.05, 0.1) is 11.0 Å². The lowest BCUT2D eigenvalue weighted by Crippen LogP contribution is -2.40. The van der Waals surface area contributed by atoms with Crippen LogP contribution in [0.2, 0.25) is 0 Å². The number of aryl methyl sites for hydroxylation is 1. The van der Waals surface area contributed by atoms with Gasteiger partial charge in [-0.25, -0.2) is 9.78 Å². The van der Waals surface area contributed by atoms with Crippen molar-refractivity contribution >= 4 is 17.0 Å². The van der Waals surface area contributed by atoms with E-state index in [1.54, 1.807) is 0 Å². The first-order valence-corrected chi connectivity index (χ1v) is 11.3. The molecular formula is C25H38N2O2. The van der Waals surface area contributed by atoms with Crippen LogP contribution >= 0.6 is 0 Å². The molecule has 0 aliphatic heterocycles. The number of imidazole rings is 1. The molecule has 1 aliphatic rings. The first-order chi connectivity index (χ1) is 13.6. The van der Waals surface area contributed by atoms with E-state index in [4.69, 9.17) is 9.72 Å². The number of esters is 1. The second-order valence-corrected chi connectivity index (χ2v) is 10.3. The van der Waals surface area contributed by atoms with Gasteiger partial charge in [0.2, 0.25) is 0 Å². The van der Waals surface area contributed by atoms with Crippen LogP contribution in [0.3, 0.4) is 0 Å². The normalized spacial score (nSPS) is 24.1. The minimum atomic E-state index is -0.394. The number of nitrogens with zero attached hydrogens (tertiary/aromatic N) is 2. The van der Waals surface area contributed by atoms with Crippen LogP contribution in [0.15, 0.2) is 24.3 Å². The average molecular weight is 399 g/mol. The minimum absolute atomic E-state index is 0.0102.